The zero-order chi connectivity index (χ0) is 21.5. The van der Waals surface area contributed by atoms with Crippen LogP contribution in [0.1, 0.15) is 52.7 Å². The molecule has 154 valence electrons. The molecule has 0 radical (unpaired) electrons. The third-order valence-corrected chi connectivity index (χ3v) is 6.61. The fourth-order valence-electron chi connectivity index (χ4n) is 3.64. The average molecular weight is 414 g/mol. The zero-order valence-corrected chi connectivity index (χ0v) is 19.7. The summed E-state index contributed by atoms with van der Waals surface area (Å²) in [6.07, 6.45) is 0. The van der Waals surface area contributed by atoms with Gasteiger partial charge in [0.15, 0.2) is 0 Å². The van der Waals surface area contributed by atoms with Crippen LogP contribution in [-0.4, -0.2) is 0 Å². The summed E-state index contributed by atoms with van der Waals surface area (Å²) < 4.78 is 1.31. The molecule has 4 rings (SSSR count). The third-order valence-electron chi connectivity index (χ3n) is 5.64. The maximum atomic E-state index is 3.59. The van der Waals surface area contributed by atoms with Gasteiger partial charge in [-0.1, -0.05) is 90.1 Å². The Hall–Kier alpha value is -2.58. The monoisotopic (exact) mass is 413 g/mol. The maximum Gasteiger partial charge on any atom is 0.0572 e. The van der Waals surface area contributed by atoms with E-state index in [1.807, 2.05) is 0 Å². The van der Waals surface area contributed by atoms with Gasteiger partial charge < -0.3 is 5.32 Å². The van der Waals surface area contributed by atoms with Crippen molar-refractivity contribution in [3.8, 4) is 11.1 Å². The Morgan fingerprint density at radius 3 is 1.87 bits per heavy atom. The molecule has 0 amide bonds. The second-order valence-corrected chi connectivity index (χ2v) is 11.1. The van der Waals surface area contributed by atoms with Crippen molar-refractivity contribution in [2.24, 2.45) is 0 Å². The first-order valence-electron chi connectivity index (χ1n) is 10.6. The zero-order valence-electron chi connectivity index (χ0n) is 18.8. The number of rotatable bonds is 3. The Labute approximate surface area is 184 Å². The highest BCUT2D eigenvalue weighted by atomic mass is 32.1. The van der Waals surface area contributed by atoms with Gasteiger partial charge >= 0.3 is 0 Å². The van der Waals surface area contributed by atoms with Gasteiger partial charge in [-0.2, -0.15) is 0 Å². The van der Waals surface area contributed by atoms with Gasteiger partial charge in [0.25, 0.3) is 0 Å². The number of fused-ring (bicyclic) bond motifs is 1. The van der Waals surface area contributed by atoms with Crippen LogP contribution in [0, 0.1) is 0 Å². The van der Waals surface area contributed by atoms with Crippen LogP contribution in [-0.2, 0) is 10.8 Å². The highest BCUT2D eigenvalue weighted by molar-refractivity contribution is 7.17. The van der Waals surface area contributed by atoms with Crippen LogP contribution < -0.4 is 5.32 Å². The molecule has 30 heavy (non-hydrogen) atoms. The first-order valence-corrected chi connectivity index (χ1v) is 11.5. The summed E-state index contributed by atoms with van der Waals surface area (Å²) in [6, 6.07) is 24.4. The fraction of sp³-hybridized carbons (Fsp3) is 0.286. The molecule has 2 heteroatoms. The molecule has 0 saturated carbocycles. The molecule has 0 saturated heterocycles. The summed E-state index contributed by atoms with van der Waals surface area (Å²) in [5.41, 5.74) is 7.86. The van der Waals surface area contributed by atoms with E-state index >= 15 is 0 Å². The summed E-state index contributed by atoms with van der Waals surface area (Å²) in [7, 11) is 0. The summed E-state index contributed by atoms with van der Waals surface area (Å²) in [6.45, 7) is 13.7. The molecule has 1 heterocycles. The van der Waals surface area contributed by atoms with Crippen LogP contribution in [0.5, 0.6) is 0 Å². The molecule has 0 unspecified atom stereocenters. The minimum atomic E-state index is 0.123. The van der Waals surface area contributed by atoms with E-state index in [1.54, 1.807) is 11.3 Å². The van der Waals surface area contributed by atoms with Crippen molar-refractivity contribution in [1.29, 1.82) is 0 Å². The molecule has 1 aromatic heterocycles. The van der Waals surface area contributed by atoms with Crippen molar-refractivity contribution in [2.45, 2.75) is 52.4 Å². The second kappa shape index (κ2) is 7.59. The Morgan fingerprint density at radius 2 is 1.27 bits per heavy atom. The lowest BCUT2D eigenvalue weighted by molar-refractivity contribution is 0.569. The van der Waals surface area contributed by atoms with Gasteiger partial charge in [0, 0.05) is 21.2 Å². The first-order chi connectivity index (χ1) is 14.1. The van der Waals surface area contributed by atoms with Crippen LogP contribution in [0.4, 0.5) is 11.4 Å². The molecular formula is C28H31NS. The van der Waals surface area contributed by atoms with E-state index < -0.39 is 0 Å². The van der Waals surface area contributed by atoms with Crippen LogP contribution in [0.2, 0.25) is 0 Å². The highest BCUT2D eigenvalue weighted by Gasteiger charge is 2.20. The molecule has 0 bridgehead atoms. The van der Waals surface area contributed by atoms with Gasteiger partial charge in [0.1, 0.15) is 0 Å². The van der Waals surface area contributed by atoms with E-state index in [0.717, 1.165) is 5.69 Å². The van der Waals surface area contributed by atoms with E-state index in [9.17, 15) is 0 Å². The molecule has 1 nitrogen and oxygen atoms in total. The molecular weight excluding hydrogens is 382 g/mol. The largest absolute Gasteiger partial charge is 0.354 e. The summed E-state index contributed by atoms with van der Waals surface area (Å²) in [5.74, 6) is 0. The van der Waals surface area contributed by atoms with Crippen molar-refractivity contribution in [3.63, 3.8) is 0 Å². The average Bonchev–Trinajstić information content (AvgIpc) is 3.10. The van der Waals surface area contributed by atoms with Crippen molar-refractivity contribution in [2.75, 3.05) is 5.32 Å². The quantitative estimate of drug-likeness (QED) is 0.353. The molecule has 0 aliphatic carbocycles. The summed E-state index contributed by atoms with van der Waals surface area (Å²) >= 11 is 1.78. The normalized spacial score (nSPS) is 12.3. The third kappa shape index (κ3) is 4.29. The van der Waals surface area contributed by atoms with E-state index in [-0.39, 0.29) is 10.8 Å². The summed E-state index contributed by atoms with van der Waals surface area (Å²) in [5, 5.41) is 7.06. The molecule has 0 aliphatic rings. The Morgan fingerprint density at radius 1 is 0.667 bits per heavy atom. The number of anilines is 2. The molecule has 1 N–H and O–H groups in total. The minimum absolute atomic E-state index is 0.123. The van der Waals surface area contributed by atoms with Crippen molar-refractivity contribution < 1.29 is 0 Å². The van der Waals surface area contributed by atoms with E-state index in [1.165, 1.54) is 38.0 Å². The van der Waals surface area contributed by atoms with E-state index in [2.05, 4.69) is 119 Å². The predicted molar refractivity (Wildman–Crippen MR) is 134 cm³/mol. The minimum Gasteiger partial charge on any atom is -0.354 e. The molecule has 0 atom stereocenters. The lowest BCUT2D eigenvalue weighted by atomic mass is 9.79. The predicted octanol–water partition coefficient (Wildman–Crippen LogP) is 8.91. The lowest BCUT2D eigenvalue weighted by Crippen LogP contribution is -2.16. The SMILES string of the molecule is CC(C)(C)c1cc(-c2ccc(Nc3csc4ccccc34)cc2)cc(C(C)(C)C)c1. The molecule has 0 aliphatic heterocycles. The Kier molecular flexibility index (Phi) is 5.23. The van der Waals surface area contributed by atoms with Gasteiger partial charge in [0.2, 0.25) is 0 Å². The standard InChI is InChI=1S/C28H31NS/c1-27(2,3)21-15-20(16-22(17-21)28(4,5)6)19-11-13-23(14-12-19)29-25-18-30-26-10-8-7-9-24(25)26/h7-18,29H,1-6H3. The molecule has 3 aromatic carbocycles. The maximum absolute atomic E-state index is 3.59. The topological polar surface area (TPSA) is 12.0 Å². The van der Waals surface area contributed by atoms with E-state index in [0.29, 0.717) is 0 Å². The van der Waals surface area contributed by atoms with Gasteiger partial charge in [-0.15, -0.1) is 11.3 Å². The highest BCUT2D eigenvalue weighted by Crippen LogP contribution is 2.35. The Balaban J connectivity index is 1.67. The van der Waals surface area contributed by atoms with Crippen LogP contribution >= 0.6 is 11.3 Å². The van der Waals surface area contributed by atoms with Crippen LogP contribution in [0.3, 0.4) is 0 Å². The van der Waals surface area contributed by atoms with Crippen molar-refractivity contribution in [1.82, 2.24) is 0 Å². The summed E-state index contributed by atoms with van der Waals surface area (Å²) in [4.78, 5) is 0. The number of thiophene rings is 1. The Bertz CT molecular complexity index is 1140. The molecule has 4 aromatic rings. The van der Waals surface area contributed by atoms with Crippen LogP contribution in [0.15, 0.2) is 72.1 Å². The van der Waals surface area contributed by atoms with Gasteiger partial charge in [-0.05, 0) is 51.3 Å². The van der Waals surface area contributed by atoms with E-state index in [4.69, 9.17) is 0 Å². The fourth-order valence-corrected chi connectivity index (χ4v) is 4.53. The van der Waals surface area contributed by atoms with Gasteiger partial charge in [-0.3, -0.25) is 0 Å². The number of hydrogen-bond donors (Lipinski definition) is 1. The van der Waals surface area contributed by atoms with Crippen LogP contribution in [0.25, 0.3) is 21.2 Å². The number of hydrogen-bond acceptors (Lipinski definition) is 2. The van der Waals surface area contributed by atoms with Crippen molar-refractivity contribution >= 4 is 32.8 Å². The number of nitrogens with one attached hydrogen (secondary N) is 1. The second-order valence-electron chi connectivity index (χ2n) is 10.1. The number of benzene rings is 3. The first kappa shape index (κ1) is 20.7. The smallest absolute Gasteiger partial charge is 0.0572 e. The molecule has 0 fully saturated rings. The molecule has 0 spiro atoms. The van der Waals surface area contributed by atoms with Gasteiger partial charge in [-0.25, -0.2) is 0 Å². The lowest BCUT2D eigenvalue weighted by Gasteiger charge is -2.26. The van der Waals surface area contributed by atoms with Gasteiger partial charge in [0.05, 0.1) is 5.69 Å². The van der Waals surface area contributed by atoms with Crippen molar-refractivity contribution in [3.05, 3.63) is 83.2 Å².